The first kappa shape index (κ1) is 60.5. The molecule has 494 valence electrons. The highest BCUT2D eigenvalue weighted by molar-refractivity contribution is 7.26. The molecular formula is C96H61B2N5OS2. The zero-order valence-corrected chi connectivity index (χ0v) is 59.0. The van der Waals surface area contributed by atoms with Gasteiger partial charge in [-0.3, -0.25) is 0 Å². The molecule has 0 N–H and O–H groups in total. The van der Waals surface area contributed by atoms with Crippen molar-refractivity contribution in [2.45, 2.75) is 0 Å². The Kier molecular flexibility index (Phi) is 13.8. The molecule has 6 heterocycles. The third-order valence-corrected chi connectivity index (χ3v) is 24.3. The standard InChI is InChI=1S/C96H61B2N5OS2/c1-7-30-62(31-8-1)70-44-27-45-71(63-32-9-2-10-33-63)95(70)103-83-61-87-78(98-75-47-21-23-49-79(75)101(67-40-17-6-18-41-67)86-58-69(59-88(104-87)94(86)98)100(66-38-15-5-16-39-66)81-51-29-55-91-92(81)74-43-20-26-54-90(74)105-91)60-77(83)97-76-48-22-24-50-80(76)102(82-52-28-46-73-72-42-19-25-53-89(72)106-96(73)82)84-56-68(57-85(103)93(84)97)99(64-34-11-3-12-35-64)65-36-13-4-14-37-65/h1-61H. The summed E-state index contributed by atoms with van der Waals surface area (Å²) in [5, 5.41) is 4.96. The van der Waals surface area contributed by atoms with E-state index in [1.165, 1.54) is 62.2 Å². The van der Waals surface area contributed by atoms with E-state index in [4.69, 9.17) is 4.74 Å². The SMILES string of the molecule is c1ccc(-c2cccc(-c3ccccc3)c2N2c3cc4c(cc3B3c5ccccc5N(c5cccc6c5sc5ccccc56)c5cc(N(c6ccccc6)c6ccccc6)cc2c53)B2c3ccccc3N(c3ccccc3)c3cc(N(c5ccccc5)c5cccc6sc7ccccc7c56)cc(c32)O4)cc1. The van der Waals surface area contributed by atoms with E-state index in [1.54, 1.807) is 0 Å². The minimum absolute atomic E-state index is 0.252. The highest BCUT2D eigenvalue weighted by Gasteiger charge is 2.49. The quantitative estimate of drug-likeness (QED) is 0.120. The van der Waals surface area contributed by atoms with Crippen LogP contribution in [0.15, 0.2) is 370 Å². The lowest BCUT2D eigenvalue weighted by atomic mass is 9.30. The molecule has 106 heavy (non-hydrogen) atoms. The van der Waals surface area contributed by atoms with Crippen LogP contribution < -0.4 is 62.0 Å². The Morgan fingerprint density at radius 2 is 0.745 bits per heavy atom. The number of thiophene rings is 2. The smallest absolute Gasteiger partial charge is 0.256 e. The summed E-state index contributed by atoms with van der Waals surface area (Å²) in [6, 6.07) is 137. The Morgan fingerprint density at radius 3 is 1.40 bits per heavy atom. The van der Waals surface area contributed by atoms with Crippen molar-refractivity contribution in [3.8, 4) is 33.8 Å². The molecule has 0 fully saturated rings. The van der Waals surface area contributed by atoms with Crippen LogP contribution in [0.2, 0.25) is 0 Å². The molecule has 2 aromatic heterocycles. The van der Waals surface area contributed by atoms with Crippen LogP contribution in [-0.4, -0.2) is 13.4 Å². The summed E-state index contributed by atoms with van der Waals surface area (Å²) in [6.45, 7) is -0.521. The molecule has 18 aromatic rings. The summed E-state index contributed by atoms with van der Waals surface area (Å²) < 4.78 is 13.1. The number of nitrogens with zero attached hydrogens (tertiary/aromatic N) is 5. The van der Waals surface area contributed by atoms with Crippen molar-refractivity contribution < 1.29 is 4.74 Å². The molecular weight excluding hydrogens is 1320 g/mol. The predicted octanol–water partition coefficient (Wildman–Crippen LogP) is 23.2. The van der Waals surface area contributed by atoms with Crippen LogP contribution in [0.25, 0.3) is 62.6 Å². The van der Waals surface area contributed by atoms with Crippen molar-refractivity contribution in [1.82, 2.24) is 0 Å². The van der Waals surface area contributed by atoms with E-state index in [1.807, 2.05) is 22.7 Å². The van der Waals surface area contributed by atoms with Gasteiger partial charge >= 0.3 is 0 Å². The van der Waals surface area contributed by atoms with Gasteiger partial charge < -0.3 is 29.2 Å². The number of hydrogen-bond acceptors (Lipinski definition) is 8. The van der Waals surface area contributed by atoms with Gasteiger partial charge in [-0.1, -0.05) is 249 Å². The Labute approximate surface area is 623 Å². The second kappa shape index (κ2) is 24.3. The van der Waals surface area contributed by atoms with Crippen molar-refractivity contribution in [3.05, 3.63) is 370 Å². The summed E-state index contributed by atoms with van der Waals surface area (Å²) in [5.74, 6) is 1.61. The Morgan fingerprint density at radius 1 is 0.274 bits per heavy atom. The van der Waals surface area contributed by atoms with Crippen molar-refractivity contribution in [3.63, 3.8) is 0 Å². The summed E-state index contributed by atoms with van der Waals surface area (Å²) >= 11 is 3.72. The Hall–Kier alpha value is -13.1. The number of para-hydroxylation sites is 7. The number of fused-ring (bicyclic) bond motifs is 14. The van der Waals surface area contributed by atoms with E-state index in [0.29, 0.717) is 0 Å². The molecule has 4 aliphatic heterocycles. The zero-order valence-electron chi connectivity index (χ0n) is 57.3. The zero-order chi connectivity index (χ0) is 69.5. The number of hydrogen-bond donors (Lipinski definition) is 0. The molecule has 10 heteroatoms. The lowest BCUT2D eigenvalue weighted by Crippen LogP contribution is -2.64. The van der Waals surface area contributed by atoms with Crippen LogP contribution in [0, 0.1) is 0 Å². The van der Waals surface area contributed by atoms with Gasteiger partial charge in [0.15, 0.2) is 0 Å². The van der Waals surface area contributed by atoms with Gasteiger partial charge in [0.25, 0.3) is 13.4 Å². The second-order valence-electron chi connectivity index (χ2n) is 27.8. The van der Waals surface area contributed by atoms with Gasteiger partial charge in [-0.25, -0.2) is 0 Å². The van der Waals surface area contributed by atoms with Gasteiger partial charge in [0, 0.05) is 116 Å². The molecule has 0 aliphatic carbocycles. The highest BCUT2D eigenvalue weighted by Crippen LogP contribution is 2.56. The molecule has 4 aliphatic rings. The monoisotopic (exact) mass is 1390 g/mol. The van der Waals surface area contributed by atoms with Crippen LogP contribution in [-0.2, 0) is 0 Å². The van der Waals surface area contributed by atoms with Gasteiger partial charge in [-0.15, -0.1) is 22.7 Å². The maximum Gasteiger partial charge on any atom is 0.256 e. The Balaban J connectivity index is 0.866. The Bertz CT molecular complexity index is 6460. The van der Waals surface area contributed by atoms with E-state index in [-0.39, 0.29) is 13.4 Å². The average Bonchev–Trinajstić information content (AvgIpc) is 0.767. The molecule has 0 radical (unpaired) electrons. The highest BCUT2D eigenvalue weighted by atomic mass is 32.1. The van der Waals surface area contributed by atoms with Crippen LogP contribution in [0.4, 0.5) is 85.3 Å². The van der Waals surface area contributed by atoms with Gasteiger partial charge in [-0.2, -0.15) is 0 Å². The minimum Gasteiger partial charge on any atom is -0.458 e. The summed E-state index contributed by atoms with van der Waals surface area (Å²) in [5.41, 5.74) is 27.6. The third kappa shape index (κ3) is 9.31. The second-order valence-corrected chi connectivity index (χ2v) is 29.9. The lowest BCUT2D eigenvalue weighted by Gasteiger charge is -2.46. The number of anilines is 15. The summed E-state index contributed by atoms with van der Waals surface area (Å²) in [7, 11) is 0. The number of benzene rings is 16. The topological polar surface area (TPSA) is 25.4 Å². The van der Waals surface area contributed by atoms with Crippen LogP contribution in [0.1, 0.15) is 0 Å². The first-order chi connectivity index (χ1) is 52.6. The van der Waals surface area contributed by atoms with Crippen molar-refractivity contribution >= 4 is 195 Å². The summed E-state index contributed by atoms with van der Waals surface area (Å²) in [6.07, 6.45) is 0. The fraction of sp³-hybridized carbons (Fsp3) is 0. The van der Waals surface area contributed by atoms with Crippen LogP contribution in [0.3, 0.4) is 0 Å². The molecule has 0 atom stereocenters. The molecule has 0 saturated carbocycles. The molecule has 22 rings (SSSR count). The third-order valence-electron chi connectivity index (χ3n) is 22.0. The first-order valence-corrected chi connectivity index (χ1v) is 37.9. The average molecular weight is 1390 g/mol. The summed E-state index contributed by atoms with van der Waals surface area (Å²) in [4.78, 5) is 12.6. The van der Waals surface area contributed by atoms with Crippen molar-refractivity contribution in [2.24, 2.45) is 0 Å². The van der Waals surface area contributed by atoms with Crippen LogP contribution in [0.5, 0.6) is 11.5 Å². The molecule has 0 spiro atoms. The van der Waals surface area contributed by atoms with Crippen LogP contribution >= 0.6 is 22.7 Å². The lowest BCUT2D eigenvalue weighted by molar-refractivity contribution is 0.488. The maximum absolute atomic E-state index is 8.10. The molecule has 6 nitrogen and oxygen atoms in total. The molecule has 0 bridgehead atoms. The van der Waals surface area contributed by atoms with Gasteiger partial charge in [0.05, 0.1) is 33.1 Å². The molecule has 0 amide bonds. The van der Waals surface area contributed by atoms with E-state index in [0.717, 1.165) is 130 Å². The fourth-order valence-electron chi connectivity index (χ4n) is 17.7. The van der Waals surface area contributed by atoms with E-state index in [9.17, 15) is 0 Å². The van der Waals surface area contributed by atoms with Gasteiger partial charge in [-0.05, 0) is 153 Å². The van der Waals surface area contributed by atoms with Gasteiger partial charge in [0.2, 0.25) is 0 Å². The fourth-order valence-corrected chi connectivity index (χ4v) is 20.0. The van der Waals surface area contributed by atoms with Crippen molar-refractivity contribution in [1.29, 1.82) is 0 Å². The molecule has 0 unspecified atom stereocenters. The maximum atomic E-state index is 8.10. The minimum atomic E-state index is -0.270. The van der Waals surface area contributed by atoms with E-state index in [2.05, 4.69) is 395 Å². The number of ether oxygens (including phenoxy) is 1. The van der Waals surface area contributed by atoms with Gasteiger partial charge in [0.1, 0.15) is 11.5 Å². The molecule has 0 saturated heterocycles. The van der Waals surface area contributed by atoms with Crippen molar-refractivity contribution in [2.75, 3.05) is 24.5 Å². The largest absolute Gasteiger partial charge is 0.458 e. The van der Waals surface area contributed by atoms with E-state index >= 15 is 0 Å². The number of rotatable bonds is 11. The van der Waals surface area contributed by atoms with E-state index < -0.39 is 0 Å². The molecule has 16 aromatic carbocycles. The predicted molar refractivity (Wildman–Crippen MR) is 452 cm³/mol. The first-order valence-electron chi connectivity index (χ1n) is 36.3. The normalized spacial score (nSPS) is 12.9.